The van der Waals surface area contributed by atoms with E-state index in [1.54, 1.807) is 0 Å². The second-order valence-corrected chi connectivity index (χ2v) is 14.3. The molecule has 0 aliphatic rings. The topological polar surface area (TPSA) is 13.1 Å². The Morgan fingerprint density at radius 3 is 1.42 bits per heavy atom. The van der Waals surface area contributed by atoms with E-state index in [9.17, 15) is 0 Å². The summed E-state index contributed by atoms with van der Waals surface area (Å²) in [6, 6.07) is 66.9. The van der Waals surface area contributed by atoms with E-state index in [4.69, 9.17) is 4.42 Å². The molecule has 0 bridgehead atoms. The predicted molar refractivity (Wildman–Crippen MR) is 227 cm³/mol. The van der Waals surface area contributed by atoms with Gasteiger partial charge in [0.05, 0.1) is 0 Å². The molecular weight excluding hydrogens is 641 g/mol. The summed E-state index contributed by atoms with van der Waals surface area (Å²) in [5, 5.41) is 20.1. The Labute approximate surface area is 304 Å². The number of hydrogen-bond donors (Lipinski definition) is 0. The van der Waals surface area contributed by atoms with Gasteiger partial charge in [-0.15, -0.1) is 0 Å². The summed E-state index contributed by atoms with van der Waals surface area (Å²) in [5.41, 5.74) is 6.87. The maximum Gasteiger partial charge on any atom is 0.136 e. The van der Waals surface area contributed by atoms with E-state index >= 15 is 0 Å². The van der Waals surface area contributed by atoms with Gasteiger partial charge in [-0.3, -0.25) is 0 Å². The zero-order valence-electron chi connectivity index (χ0n) is 28.7. The summed E-state index contributed by atoms with van der Waals surface area (Å²) in [6.45, 7) is 0. The zero-order valence-corrected chi connectivity index (χ0v) is 28.7. The second kappa shape index (κ2) is 10.8. The van der Waals surface area contributed by atoms with Gasteiger partial charge in [0, 0.05) is 10.8 Å². The van der Waals surface area contributed by atoms with E-state index in [-0.39, 0.29) is 0 Å². The van der Waals surface area contributed by atoms with Crippen molar-refractivity contribution in [3.8, 4) is 22.3 Å². The molecule has 0 saturated heterocycles. The minimum absolute atomic E-state index is 0.925. The smallest absolute Gasteiger partial charge is 0.136 e. The third kappa shape index (κ3) is 3.97. The van der Waals surface area contributed by atoms with Crippen molar-refractivity contribution in [2.45, 2.75) is 0 Å². The Balaban J connectivity index is 1.20. The van der Waals surface area contributed by atoms with Crippen LogP contribution in [0, 0.1) is 0 Å². The van der Waals surface area contributed by atoms with Gasteiger partial charge >= 0.3 is 0 Å². The number of furan rings is 1. The molecule has 53 heavy (non-hydrogen) atoms. The van der Waals surface area contributed by atoms with Gasteiger partial charge in [-0.25, -0.2) is 0 Å². The molecule has 0 unspecified atom stereocenters. The van der Waals surface area contributed by atoms with E-state index in [2.05, 4.69) is 176 Å². The van der Waals surface area contributed by atoms with Crippen LogP contribution in [-0.2, 0) is 0 Å². The van der Waals surface area contributed by atoms with Crippen LogP contribution in [0.5, 0.6) is 0 Å². The van der Waals surface area contributed by atoms with E-state index in [1.165, 1.54) is 103 Å². The molecule has 1 heteroatoms. The highest BCUT2D eigenvalue weighted by Crippen LogP contribution is 2.49. The van der Waals surface area contributed by atoms with Crippen LogP contribution < -0.4 is 0 Å². The molecule has 0 fully saturated rings. The molecule has 0 radical (unpaired) electrons. The molecule has 244 valence electrons. The van der Waals surface area contributed by atoms with Gasteiger partial charge in [-0.2, -0.15) is 0 Å². The monoisotopic (exact) mass is 670 g/mol. The molecular formula is C52H30O. The third-order valence-electron chi connectivity index (χ3n) is 11.6. The number of benzene rings is 11. The fourth-order valence-electron chi connectivity index (χ4n) is 9.41. The molecule has 11 aromatic carbocycles. The Kier molecular flexibility index (Phi) is 5.84. The highest BCUT2D eigenvalue weighted by molar-refractivity contribution is 6.34. The Morgan fingerprint density at radius 1 is 0.264 bits per heavy atom. The molecule has 1 heterocycles. The molecule has 1 nitrogen and oxygen atoms in total. The normalized spacial score (nSPS) is 12.2. The largest absolute Gasteiger partial charge is 0.456 e. The quantitative estimate of drug-likeness (QED) is 0.132. The Bertz CT molecular complexity index is 3450. The number of hydrogen-bond acceptors (Lipinski definition) is 1. The van der Waals surface area contributed by atoms with E-state index in [0.717, 1.165) is 16.6 Å². The van der Waals surface area contributed by atoms with Crippen LogP contribution in [0.4, 0.5) is 0 Å². The average Bonchev–Trinajstić information content (AvgIpc) is 3.61. The summed E-state index contributed by atoms with van der Waals surface area (Å²) < 4.78 is 6.25. The van der Waals surface area contributed by atoms with Crippen LogP contribution in [0.25, 0.3) is 120 Å². The molecule has 12 rings (SSSR count). The van der Waals surface area contributed by atoms with Gasteiger partial charge in [-0.05, 0) is 122 Å². The lowest BCUT2D eigenvalue weighted by molar-refractivity contribution is 0.669. The Morgan fingerprint density at radius 2 is 0.755 bits per heavy atom. The highest BCUT2D eigenvalue weighted by Gasteiger charge is 2.21. The third-order valence-corrected chi connectivity index (χ3v) is 11.6. The van der Waals surface area contributed by atoms with Crippen molar-refractivity contribution in [3.63, 3.8) is 0 Å². The molecule has 0 atom stereocenters. The summed E-state index contributed by atoms with van der Waals surface area (Å²) in [5.74, 6) is 0. The van der Waals surface area contributed by atoms with Crippen molar-refractivity contribution in [2.75, 3.05) is 0 Å². The van der Waals surface area contributed by atoms with E-state index < -0.39 is 0 Å². The van der Waals surface area contributed by atoms with Crippen LogP contribution in [0.2, 0.25) is 0 Å². The van der Waals surface area contributed by atoms with Gasteiger partial charge in [0.1, 0.15) is 11.2 Å². The summed E-state index contributed by atoms with van der Waals surface area (Å²) in [6.07, 6.45) is 0. The lowest BCUT2D eigenvalue weighted by atomic mass is 9.82. The second-order valence-electron chi connectivity index (χ2n) is 14.3. The van der Waals surface area contributed by atoms with Gasteiger partial charge in [-0.1, -0.05) is 158 Å². The lowest BCUT2D eigenvalue weighted by Crippen LogP contribution is -1.93. The maximum absolute atomic E-state index is 6.25. The maximum atomic E-state index is 6.25. The number of fused-ring (bicyclic) bond motifs is 15. The molecule has 0 spiro atoms. The van der Waals surface area contributed by atoms with Gasteiger partial charge in [0.15, 0.2) is 0 Å². The van der Waals surface area contributed by atoms with Crippen molar-refractivity contribution in [2.24, 2.45) is 0 Å². The molecule has 0 amide bonds. The van der Waals surface area contributed by atoms with Crippen LogP contribution in [0.3, 0.4) is 0 Å². The minimum Gasteiger partial charge on any atom is -0.456 e. The number of rotatable bonds is 2. The average molecular weight is 671 g/mol. The predicted octanol–water partition coefficient (Wildman–Crippen LogP) is 15.0. The molecule has 0 saturated carbocycles. The first kappa shape index (κ1) is 28.7. The van der Waals surface area contributed by atoms with Gasteiger partial charge < -0.3 is 4.42 Å². The fourth-order valence-corrected chi connectivity index (χ4v) is 9.41. The molecule has 0 aliphatic heterocycles. The molecule has 12 aromatic rings. The first-order valence-corrected chi connectivity index (χ1v) is 18.3. The molecule has 1 aromatic heterocycles. The van der Waals surface area contributed by atoms with Gasteiger partial charge in [0.2, 0.25) is 0 Å². The Hall–Kier alpha value is -6.96. The fraction of sp³-hybridized carbons (Fsp3) is 0. The van der Waals surface area contributed by atoms with Crippen LogP contribution in [-0.4, -0.2) is 0 Å². The summed E-state index contributed by atoms with van der Waals surface area (Å²) >= 11 is 0. The standard InChI is InChI=1S/C52H30O/c1-2-15-36-34(13-1)35-14-3-5-17-38(35)50-39-18-6-4-16-37(39)46(30-45(36)50)51-42-21-9-7-19-40(42)49(41-20-8-10-22-43(41)51)32-25-27-33-31(29-32)26-28-48-52(33)44-23-11-12-24-47(44)53-48/h1-30H. The zero-order chi connectivity index (χ0) is 34.6. The lowest BCUT2D eigenvalue weighted by Gasteiger charge is -2.21. The number of para-hydroxylation sites is 1. The van der Waals surface area contributed by atoms with E-state index in [1.807, 2.05) is 6.07 Å². The van der Waals surface area contributed by atoms with Crippen LogP contribution in [0.15, 0.2) is 186 Å². The van der Waals surface area contributed by atoms with Crippen molar-refractivity contribution in [1.29, 1.82) is 0 Å². The van der Waals surface area contributed by atoms with Crippen molar-refractivity contribution < 1.29 is 4.42 Å². The van der Waals surface area contributed by atoms with Crippen molar-refractivity contribution in [3.05, 3.63) is 182 Å². The van der Waals surface area contributed by atoms with Crippen molar-refractivity contribution >= 4 is 97.3 Å². The van der Waals surface area contributed by atoms with E-state index in [0.29, 0.717) is 0 Å². The molecule has 0 N–H and O–H groups in total. The van der Waals surface area contributed by atoms with Gasteiger partial charge in [0.25, 0.3) is 0 Å². The molecule has 0 aliphatic carbocycles. The van der Waals surface area contributed by atoms with Crippen molar-refractivity contribution in [1.82, 2.24) is 0 Å². The van der Waals surface area contributed by atoms with Crippen LogP contribution in [0.1, 0.15) is 0 Å². The summed E-state index contributed by atoms with van der Waals surface area (Å²) in [4.78, 5) is 0. The van der Waals surface area contributed by atoms with Crippen LogP contribution >= 0.6 is 0 Å². The highest BCUT2D eigenvalue weighted by atomic mass is 16.3. The summed E-state index contributed by atoms with van der Waals surface area (Å²) in [7, 11) is 0. The minimum atomic E-state index is 0.925. The SMILES string of the molecule is c1ccc2c(c1)oc1ccc3cc(-c4c5ccccc5c(-c5cc6c7ccccc7c7ccccc7c6c6ccccc56)c5ccccc45)ccc3c12. The first-order valence-electron chi connectivity index (χ1n) is 18.3. The first-order chi connectivity index (χ1) is 26.3.